The van der Waals surface area contributed by atoms with Gasteiger partial charge in [0.2, 0.25) is 0 Å². The zero-order chi connectivity index (χ0) is 73.2. The summed E-state index contributed by atoms with van der Waals surface area (Å²) in [6, 6.07) is 0. The van der Waals surface area contributed by atoms with E-state index in [-0.39, 0.29) is 25.7 Å². The van der Waals surface area contributed by atoms with Gasteiger partial charge in [0.15, 0.2) is 12.2 Å². The van der Waals surface area contributed by atoms with E-state index < -0.39 is 97.5 Å². The Morgan fingerprint density at radius 1 is 0.290 bits per heavy atom. The molecule has 0 aliphatic heterocycles. The standard InChI is InChI=1S/C81H134O17P2/c1-5-9-13-17-21-25-29-33-35-36-37-38-40-44-46-50-54-58-62-66-79(84)92-72-77(98-81(86)68-64-60-56-52-48-42-32-28-24-20-16-12-8-4)74-96-100(89,90)94-70-75(82)69-93-99(87,88)95-73-76(97-80(85)67-63-59-55-51-47-41-31-27-23-19-15-11-7-3)71-91-78(83)65-61-57-53-49-45-43-39-34-30-26-22-18-14-10-6-2/h9-10,13-16,19-22,25-28,31-35,37-39,44,46,75-77,82H,5-8,11-12,17-18,23-24,29-30,36,40-43,45,47-74H2,1-4H3,(H,87,88)(H,89,90)/b13-9-,14-10-,19-15-,20-16-,25-21-,26-22-,31-27-,32-28-,35-33-,38-37-,39-34-,46-44-. The lowest BCUT2D eigenvalue weighted by molar-refractivity contribution is -0.161. The van der Waals surface area contributed by atoms with Crippen LogP contribution in [0.5, 0.6) is 0 Å². The third kappa shape index (κ3) is 71.3. The number of phosphoric acid groups is 2. The van der Waals surface area contributed by atoms with Crippen LogP contribution in [-0.4, -0.2) is 96.7 Å². The van der Waals surface area contributed by atoms with Gasteiger partial charge in [-0.2, -0.15) is 0 Å². The highest BCUT2D eigenvalue weighted by atomic mass is 31.2. The molecule has 0 heterocycles. The van der Waals surface area contributed by atoms with Gasteiger partial charge in [-0.3, -0.25) is 37.3 Å². The first-order valence-corrected chi connectivity index (χ1v) is 41.1. The van der Waals surface area contributed by atoms with Crippen molar-refractivity contribution in [2.24, 2.45) is 0 Å². The molecule has 19 heteroatoms. The van der Waals surface area contributed by atoms with Crippen molar-refractivity contribution >= 4 is 39.5 Å². The van der Waals surface area contributed by atoms with Crippen LogP contribution < -0.4 is 0 Å². The summed E-state index contributed by atoms with van der Waals surface area (Å²) in [7, 11) is -9.98. The molecule has 0 aliphatic rings. The van der Waals surface area contributed by atoms with Crippen molar-refractivity contribution in [3.63, 3.8) is 0 Å². The lowest BCUT2D eigenvalue weighted by Gasteiger charge is -2.21. The molecule has 5 atom stereocenters. The molecule has 0 amide bonds. The predicted octanol–water partition coefficient (Wildman–Crippen LogP) is 21.9. The van der Waals surface area contributed by atoms with Crippen LogP contribution >= 0.6 is 15.6 Å². The summed E-state index contributed by atoms with van der Waals surface area (Å²) in [6.45, 7) is 4.41. The van der Waals surface area contributed by atoms with Crippen molar-refractivity contribution < 1.29 is 80.2 Å². The van der Waals surface area contributed by atoms with Crippen molar-refractivity contribution in [3.8, 4) is 0 Å². The number of hydrogen-bond acceptors (Lipinski definition) is 15. The zero-order valence-corrected chi connectivity index (χ0v) is 63.9. The number of esters is 4. The Hall–Kier alpha value is -5.06. The molecule has 0 aliphatic carbocycles. The quantitative estimate of drug-likeness (QED) is 0.0169. The van der Waals surface area contributed by atoms with Crippen molar-refractivity contribution in [2.45, 2.75) is 303 Å². The van der Waals surface area contributed by atoms with Crippen molar-refractivity contribution in [1.29, 1.82) is 0 Å². The molecule has 570 valence electrons. The molecule has 0 rings (SSSR count). The fraction of sp³-hybridized carbons (Fsp3) is 0.654. The van der Waals surface area contributed by atoms with Gasteiger partial charge in [0.05, 0.1) is 26.4 Å². The highest BCUT2D eigenvalue weighted by Gasteiger charge is 2.30. The molecule has 3 N–H and O–H groups in total. The van der Waals surface area contributed by atoms with Crippen LogP contribution in [-0.2, 0) is 65.4 Å². The molecular weight excluding hydrogens is 1310 g/mol. The van der Waals surface area contributed by atoms with E-state index in [1.165, 1.54) is 0 Å². The first kappa shape index (κ1) is 94.9. The number of aliphatic hydroxyl groups excluding tert-OH is 1. The van der Waals surface area contributed by atoms with Crippen LogP contribution in [0.3, 0.4) is 0 Å². The van der Waals surface area contributed by atoms with E-state index in [9.17, 15) is 43.2 Å². The second-order valence-electron chi connectivity index (χ2n) is 24.8. The van der Waals surface area contributed by atoms with Gasteiger partial charge in [-0.05, 0) is 154 Å². The summed E-state index contributed by atoms with van der Waals surface area (Å²) in [5.41, 5.74) is 0. The van der Waals surface area contributed by atoms with Gasteiger partial charge in [0.1, 0.15) is 19.3 Å². The van der Waals surface area contributed by atoms with Crippen molar-refractivity contribution in [3.05, 3.63) is 146 Å². The Labute approximate surface area is 605 Å². The molecule has 0 fully saturated rings. The molecule has 0 saturated carbocycles. The third-order valence-electron chi connectivity index (χ3n) is 15.2. The van der Waals surface area contributed by atoms with E-state index in [2.05, 4.69) is 174 Å². The number of rotatable bonds is 70. The molecule has 0 spiro atoms. The van der Waals surface area contributed by atoms with E-state index in [1.807, 2.05) is 0 Å². The highest BCUT2D eigenvalue weighted by Crippen LogP contribution is 2.45. The minimum atomic E-state index is -4.99. The van der Waals surface area contributed by atoms with E-state index in [4.69, 9.17) is 37.0 Å². The lowest BCUT2D eigenvalue weighted by Crippen LogP contribution is -2.30. The smallest absolute Gasteiger partial charge is 0.462 e. The number of phosphoric ester groups is 2. The Balaban J connectivity index is 5.40. The number of carbonyl (C=O) groups excluding carboxylic acids is 4. The molecule has 100 heavy (non-hydrogen) atoms. The second-order valence-corrected chi connectivity index (χ2v) is 27.7. The molecule has 0 aromatic rings. The maximum absolute atomic E-state index is 13.1. The van der Waals surface area contributed by atoms with Crippen LogP contribution in [0.2, 0.25) is 0 Å². The molecule has 0 saturated heterocycles. The minimum Gasteiger partial charge on any atom is -0.462 e. The number of allylic oxidation sites excluding steroid dienone is 24. The van der Waals surface area contributed by atoms with Gasteiger partial charge >= 0.3 is 39.5 Å². The van der Waals surface area contributed by atoms with Crippen LogP contribution in [0.1, 0.15) is 285 Å². The van der Waals surface area contributed by atoms with E-state index >= 15 is 0 Å². The molecule has 0 radical (unpaired) electrons. The Kier molecular flexibility index (Phi) is 68.6. The molecule has 0 aromatic carbocycles. The van der Waals surface area contributed by atoms with Crippen LogP contribution in [0, 0.1) is 0 Å². The molecule has 0 aromatic heterocycles. The maximum Gasteiger partial charge on any atom is 0.472 e. The number of unbranched alkanes of at least 4 members (excludes halogenated alkanes) is 20. The first-order chi connectivity index (χ1) is 48.7. The number of ether oxygens (including phenoxy) is 4. The molecule has 5 unspecified atom stereocenters. The van der Waals surface area contributed by atoms with Crippen LogP contribution in [0.15, 0.2) is 146 Å². The van der Waals surface area contributed by atoms with Gasteiger partial charge in [-0.1, -0.05) is 251 Å². The van der Waals surface area contributed by atoms with Crippen molar-refractivity contribution in [2.75, 3.05) is 39.6 Å². The van der Waals surface area contributed by atoms with E-state index in [0.29, 0.717) is 25.7 Å². The van der Waals surface area contributed by atoms with E-state index in [0.717, 1.165) is 205 Å². The number of carbonyl (C=O) groups is 4. The van der Waals surface area contributed by atoms with Crippen molar-refractivity contribution in [1.82, 2.24) is 0 Å². The Morgan fingerprint density at radius 3 is 0.810 bits per heavy atom. The monoisotopic (exact) mass is 1440 g/mol. The van der Waals surface area contributed by atoms with E-state index in [1.54, 1.807) is 0 Å². The minimum absolute atomic E-state index is 0.0662. The summed E-state index contributed by atoms with van der Waals surface area (Å²) in [5.74, 6) is -2.27. The van der Waals surface area contributed by atoms with Gasteiger partial charge < -0.3 is 33.8 Å². The second kappa shape index (κ2) is 72.3. The molecule has 17 nitrogen and oxygen atoms in total. The lowest BCUT2D eigenvalue weighted by atomic mass is 10.1. The normalized spacial score (nSPS) is 14.8. The summed E-state index contributed by atoms with van der Waals surface area (Å²) >= 11 is 0. The molecular formula is C81H134O17P2. The average Bonchev–Trinajstić information content (AvgIpc) is 0.935. The number of aliphatic hydroxyl groups is 1. The zero-order valence-electron chi connectivity index (χ0n) is 62.1. The van der Waals surface area contributed by atoms with Gasteiger partial charge in [0.25, 0.3) is 0 Å². The van der Waals surface area contributed by atoms with Crippen LogP contribution in [0.25, 0.3) is 0 Å². The maximum atomic E-state index is 13.1. The fourth-order valence-electron chi connectivity index (χ4n) is 9.51. The first-order valence-electron chi connectivity index (χ1n) is 38.1. The molecule has 0 bridgehead atoms. The average molecular weight is 1440 g/mol. The summed E-state index contributed by atoms with van der Waals surface area (Å²) < 4.78 is 68.4. The predicted molar refractivity (Wildman–Crippen MR) is 408 cm³/mol. The summed E-state index contributed by atoms with van der Waals surface area (Å²) in [6.07, 6.45) is 81.3. The number of hydrogen-bond donors (Lipinski definition) is 3. The Bertz CT molecular complexity index is 2470. The Morgan fingerprint density at radius 2 is 0.520 bits per heavy atom. The third-order valence-corrected chi connectivity index (χ3v) is 17.1. The summed E-state index contributed by atoms with van der Waals surface area (Å²) in [5, 5.41) is 10.6. The van der Waals surface area contributed by atoms with Gasteiger partial charge in [-0.15, -0.1) is 0 Å². The van der Waals surface area contributed by atoms with Gasteiger partial charge in [-0.25, -0.2) is 9.13 Å². The fourth-order valence-corrected chi connectivity index (χ4v) is 11.1. The van der Waals surface area contributed by atoms with Gasteiger partial charge in [0, 0.05) is 25.7 Å². The SMILES string of the molecule is CC/C=C\C/C=C\C/C=C\C/C=C\C/C=C\CCCCCC(=O)OCC(COP(=O)(O)OCC(O)COP(=O)(O)OCC(COC(=O)CCCCCCC/C=C\C/C=C\C/C=C\CC)OC(=O)CCCCCCC/C=C\C/C=C\CCC)OC(=O)CCCCCCC/C=C\C/C=C\CCC. The largest absolute Gasteiger partial charge is 0.472 e. The summed E-state index contributed by atoms with van der Waals surface area (Å²) in [4.78, 5) is 72.8. The topological polar surface area (TPSA) is 237 Å². The highest BCUT2D eigenvalue weighted by molar-refractivity contribution is 7.47. The van der Waals surface area contributed by atoms with Crippen LogP contribution in [0.4, 0.5) is 0 Å².